The first kappa shape index (κ1) is 10.7. The van der Waals surface area contributed by atoms with Gasteiger partial charge in [-0.15, -0.1) is 11.8 Å². The van der Waals surface area contributed by atoms with Crippen molar-refractivity contribution in [2.24, 2.45) is 0 Å². The fraction of sp³-hybridized carbons (Fsp3) is 0.273. The number of rotatable bonds is 1. The molecule has 0 saturated carbocycles. The molecular weight excluding hydrogens is 243 g/mol. The molecule has 3 heterocycles. The number of hydrogen-bond donors (Lipinski definition) is 1. The molecule has 0 aromatic carbocycles. The minimum Gasteiger partial charge on any atom is -0.394 e. The van der Waals surface area contributed by atoms with E-state index in [0.29, 0.717) is 21.7 Å². The first-order chi connectivity index (χ1) is 8.22. The molecule has 1 N–H and O–H groups in total. The maximum atomic E-state index is 13.6. The van der Waals surface area contributed by atoms with E-state index >= 15 is 0 Å². The Kier molecular flexibility index (Phi) is 2.41. The van der Waals surface area contributed by atoms with Crippen molar-refractivity contribution < 1.29 is 9.50 Å². The van der Waals surface area contributed by atoms with Gasteiger partial charge in [0.15, 0.2) is 5.82 Å². The largest absolute Gasteiger partial charge is 0.394 e. The van der Waals surface area contributed by atoms with Gasteiger partial charge < -0.3 is 5.11 Å². The summed E-state index contributed by atoms with van der Waals surface area (Å²) < 4.78 is 15.1. The van der Waals surface area contributed by atoms with Crippen LogP contribution in [0.4, 0.5) is 4.39 Å². The Morgan fingerprint density at radius 2 is 2.41 bits per heavy atom. The van der Waals surface area contributed by atoms with Crippen LogP contribution in [0.25, 0.3) is 11.0 Å². The lowest BCUT2D eigenvalue weighted by Crippen LogP contribution is -2.31. The zero-order chi connectivity index (χ0) is 12.0. The average molecular weight is 252 g/mol. The molecule has 88 valence electrons. The summed E-state index contributed by atoms with van der Waals surface area (Å²) in [4.78, 5) is 16.2. The molecular formula is C11H9FN2O2S. The monoisotopic (exact) mass is 252 g/mol. The standard InChI is InChI=1S/C11H9FN2O2S/c12-7-3-13-8-1-2-9(16)14-6(4-15)5-17-11(7)10(8)14/h1-3,6,15H,4-5H2/t6-/m1/s1. The molecule has 1 aliphatic heterocycles. The summed E-state index contributed by atoms with van der Waals surface area (Å²) in [5.74, 6) is 0.0712. The molecule has 0 unspecified atom stereocenters. The normalized spacial score (nSPS) is 18.6. The van der Waals surface area contributed by atoms with Crippen molar-refractivity contribution in [3.63, 3.8) is 0 Å². The number of aliphatic hydroxyl groups excluding tert-OH is 1. The van der Waals surface area contributed by atoms with Crippen LogP contribution >= 0.6 is 11.8 Å². The summed E-state index contributed by atoms with van der Waals surface area (Å²) in [6, 6.07) is 2.67. The van der Waals surface area contributed by atoms with Gasteiger partial charge in [0.2, 0.25) is 0 Å². The second-order valence-corrected chi connectivity index (χ2v) is 4.89. The van der Waals surface area contributed by atoms with Gasteiger partial charge >= 0.3 is 0 Å². The van der Waals surface area contributed by atoms with Crippen LogP contribution in [0.5, 0.6) is 0 Å². The van der Waals surface area contributed by atoms with Gasteiger partial charge in [-0.05, 0) is 6.07 Å². The number of halogens is 1. The zero-order valence-electron chi connectivity index (χ0n) is 8.76. The third kappa shape index (κ3) is 1.48. The summed E-state index contributed by atoms with van der Waals surface area (Å²) in [7, 11) is 0. The Hall–Kier alpha value is -1.40. The van der Waals surface area contributed by atoms with Crippen LogP contribution in [0, 0.1) is 5.82 Å². The van der Waals surface area contributed by atoms with E-state index in [0.717, 1.165) is 0 Å². The van der Waals surface area contributed by atoms with E-state index in [1.54, 1.807) is 6.07 Å². The average Bonchev–Trinajstić information content (AvgIpc) is 2.36. The van der Waals surface area contributed by atoms with E-state index in [-0.39, 0.29) is 18.2 Å². The van der Waals surface area contributed by atoms with Crippen LogP contribution in [0.3, 0.4) is 0 Å². The summed E-state index contributed by atoms with van der Waals surface area (Å²) >= 11 is 1.31. The number of hydrogen-bond acceptors (Lipinski definition) is 4. The van der Waals surface area contributed by atoms with Crippen molar-refractivity contribution in [3.05, 3.63) is 34.5 Å². The highest BCUT2D eigenvalue weighted by atomic mass is 32.2. The molecule has 0 bridgehead atoms. The molecule has 1 atom stereocenters. The molecule has 2 aromatic heterocycles. The van der Waals surface area contributed by atoms with Crippen LogP contribution in [0.15, 0.2) is 28.0 Å². The minimum atomic E-state index is -0.418. The first-order valence-corrected chi connectivity index (χ1v) is 6.14. The number of thioether (sulfide) groups is 1. The third-order valence-corrected chi connectivity index (χ3v) is 4.08. The van der Waals surface area contributed by atoms with E-state index in [2.05, 4.69) is 4.98 Å². The summed E-state index contributed by atoms with van der Waals surface area (Å²) in [5, 5.41) is 9.27. The molecule has 0 fully saturated rings. The molecule has 1 aliphatic rings. The van der Waals surface area contributed by atoms with Crippen LogP contribution < -0.4 is 5.56 Å². The predicted molar refractivity (Wildman–Crippen MR) is 62.8 cm³/mol. The lowest BCUT2D eigenvalue weighted by Gasteiger charge is -2.25. The van der Waals surface area contributed by atoms with Crippen molar-refractivity contribution >= 4 is 22.8 Å². The van der Waals surface area contributed by atoms with Crippen molar-refractivity contribution in [3.8, 4) is 0 Å². The van der Waals surface area contributed by atoms with Gasteiger partial charge in [0.25, 0.3) is 5.56 Å². The van der Waals surface area contributed by atoms with Crippen molar-refractivity contribution in [1.29, 1.82) is 0 Å². The zero-order valence-corrected chi connectivity index (χ0v) is 9.58. The molecule has 0 radical (unpaired) electrons. The van der Waals surface area contributed by atoms with Crippen molar-refractivity contribution in [2.45, 2.75) is 10.9 Å². The Morgan fingerprint density at radius 3 is 3.18 bits per heavy atom. The van der Waals surface area contributed by atoms with Gasteiger partial charge in [-0.2, -0.15) is 0 Å². The van der Waals surface area contributed by atoms with Gasteiger partial charge in [-0.1, -0.05) is 0 Å². The highest BCUT2D eigenvalue weighted by molar-refractivity contribution is 7.99. The lowest BCUT2D eigenvalue weighted by atomic mass is 10.2. The highest BCUT2D eigenvalue weighted by Gasteiger charge is 2.24. The fourth-order valence-corrected chi connectivity index (χ4v) is 3.20. The number of aliphatic hydroxyl groups is 1. The predicted octanol–water partition coefficient (Wildman–Crippen LogP) is 1.17. The SMILES string of the molecule is O=c1ccc2ncc(F)c3c2n1[C@H](CO)CS3. The van der Waals surface area contributed by atoms with Crippen LogP contribution in [-0.4, -0.2) is 27.0 Å². The molecule has 4 nitrogen and oxygen atoms in total. The van der Waals surface area contributed by atoms with Crippen LogP contribution in [0.2, 0.25) is 0 Å². The lowest BCUT2D eigenvalue weighted by molar-refractivity contribution is 0.240. The maximum Gasteiger partial charge on any atom is 0.251 e. The van der Waals surface area contributed by atoms with Gasteiger partial charge in [0, 0.05) is 11.8 Å². The van der Waals surface area contributed by atoms with Crippen molar-refractivity contribution in [1.82, 2.24) is 9.55 Å². The van der Waals surface area contributed by atoms with Gasteiger partial charge in [0.05, 0.1) is 34.8 Å². The minimum absolute atomic E-state index is 0.137. The maximum absolute atomic E-state index is 13.6. The molecule has 6 heteroatoms. The molecule has 2 aromatic rings. The van der Waals surface area contributed by atoms with E-state index in [4.69, 9.17) is 0 Å². The summed E-state index contributed by atoms with van der Waals surface area (Å²) in [5.41, 5.74) is 0.838. The van der Waals surface area contributed by atoms with Gasteiger partial charge in [-0.25, -0.2) is 4.39 Å². The van der Waals surface area contributed by atoms with E-state index in [1.165, 1.54) is 28.6 Å². The van der Waals surface area contributed by atoms with Crippen LogP contribution in [0.1, 0.15) is 6.04 Å². The number of pyridine rings is 2. The fourth-order valence-electron chi connectivity index (χ4n) is 2.06. The first-order valence-electron chi connectivity index (χ1n) is 5.16. The van der Waals surface area contributed by atoms with Gasteiger partial charge in [-0.3, -0.25) is 14.3 Å². The van der Waals surface area contributed by atoms with E-state index in [1.807, 2.05) is 0 Å². The quantitative estimate of drug-likeness (QED) is 0.828. The summed E-state index contributed by atoms with van der Waals surface area (Å²) in [6.45, 7) is -0.137. The van der Waals surface area contributed by atoms with Crippen LogP contribution in [-0.2, 0) is 0 Å². The number of nitrogens with zero attached hydrogens (tertiary/aromatic N) is 2. The summed E-state index contributed by atoms with van der Waals surface area (Å²) in [6.07, 6.45) is 1.17. The Bertz CT molecular complexity index is 656. The molecule has 0 amide bonds. The van der Waals surface area contributed by atoms with Crippen molar-refractivity contribution in [2.75, 3.05) is 12.4 Å². The molecule has 0 aliphatic carbocycles. The molecule has 0 spiro atoms. The van der Waals surface area contributed by atoms with Gasteiger partial charge in [0.1, 0.15) is 0 Å². The third-order valence-electron chi connectivity index (χ3n) is 2.85. The Labute approximate surface area is 100 Å². The number of aromatic nitrogens is 2. The Balaban J connectivity index is 2.48. The molecule has 17 heavy (non-hydrogen) atoms. The van der Waals surface area contributed by atoms with E-state index in [9.17, 15) is 14.3 Å². The second kappa shape index (κ2) is 3.82. The molecule has 0 saturated heterocycles. The highest BCUT2D eigenvalue weighted by Crippen LogP contribution is 2.36. The Morgan fingerprint density at radius 1 is 1.59 bits per heavy atom. The smallest absolute Gasteiger partial charge is 0.251 e. The molecule has 3 rings (SSSR count). The second-order valence-electron chi connectivity index (χ2n) is 3.86. The topological polar surface area (TPSA) is 55.1 Å². The van der Waals surface area contributed by atoms with E-state index < -0.39 is 5.82 Å².